The van der Waals surface area contributed by atoms with E-state index in [0.717, 1.165) is 17.7 Å². The second kappa shape index (κ2) is 7.54. The molecule has 0 radical (unpaired) electrons. The van der Waals surface area contributed by atoms with Crippen LogP contribution in [0.3, 0.4) is 0 Å². The highest BCUT2D eigenvalue weighted by Gasteiger charge is 2.39. The van der Waals surface area contributed by atoms with E-state index in [1.165, 1.54) is 19.3 Å². The number of hydrogen-bond donors (Lipinski definition) is 2. The van der Waals surface area contributed by atoms with Crippen molar-refractivity contribution < 1.29 is 14.4 Å². The molecule has 1 saturated heterocycles. The van der Waals surface area contributed by atoms with Gasteiger partial charge in [0.1, 0.15) is 6.04 Å². The highest BCUT2D eigenvalue weighted by molar-refractivity contribution is 6.05. The number of carbonyl (C=O) groups excluding carboxylic acids is 3. The van der Waals surface area contributed by atoms with Gasteiger partial charge in [0.25, 0.3) is 5.91 Å². The van der Waals surface area contributed by atoms with E-state index in [0.29, 0.717) is 30.6 Å². The van der Waals surface area contributed by atoms with Crippen molar-refractivity contribution in [3.8, 4) is 0 Å². The molecule has 28 heavy (non-hydrogen) atoms. The SMILES string of the molecule is CNC1CCCCC1N(C)c1ccc2c(c1)CN([C@H]1CCC(=O)NC1=O)C2=O. The normalized spacial score (nSPS) is 27.6. The molecule has 1 aromatic carbocycles. The standard InChI is InChI=1S/C21H28N4O3/c1-22-16-5-3-4-6-17(16)24(2)14-7-8-15-13(11-14)12-25(21(15)28)18-9-10-19(26)23-20(18)27/h7-8,11,16-18,22H,3-6,9-10,12H2,1-2H3,(H,23,26,27)/t16?,17?,18-/m0/s1. The molecule has 2 fully saturated rings. The highest BCUT2D eigenvalue weighted by Crippen LogP contribution is 2.32. The van der Waals surface area contributed by atoms with Crippen LogP contribution in [-0.4, -0.2) is 54.8 Å². The van der Waals surface area contributed by atoms with Crippen LogP contribution in [0.5, 0.6) is 0 Å². The molecular formula is C21H28N4O3. The molecule has 2 N–H and O–H groups in total. The first-order valence-corrected chi connectivity index (χ1v) is 10.2. The highest BCUT2D eigenvalue weighted by atomic mass is 16.2. The summed E-state index contributed by atoms with van der Waals surface area (Å²) in [5.41, 5.74) is 2.72. The van der Waals surface area contributed by atoms with Gasteiger partial charge >= 0.3 is 0 Å². The van der Waals surface area contributed by atoms with Gasteiger partial charge in [-0.1, -0.05) is 12.8 Å². The molecule has 0 bridgehead atoms. The fraction of sp³-hybridized carbons (Fsp3) is 0.571. The number of amides is 3. The molecule has 7 nitrogen and oxygen atoms in total. The van der Waals surface area contributed by atoms with Gasteiger partial charge < -0.3 is 15.1 Å². The molecule has 1 aromatic rings. The van der Waals surface area contributed by atoms with Crippen molar-refractivity contribution in [2.75, 3.05) is 19.0 Å². The van der Waals surface area contributed by atoms with Gasteiger partial charge in [-0.15, -0.1) is 0 Å². The largest absolute Gasteiger partial charge is 0.370 e. The first-order valence-electron chi connectivity index (χ1n) is 10.2. The third kappa shape index (κ3) is 3.28. The summed E-state index contributed by atoms with van der Waals surface area (Å²) in [6, 6.07) is 6.30. The summed E-state index contributed by atoms with van der Waals surface area (Å²) in [6.45, 7) is 0.419. The molecule has 3 amide bonds. The third-order valence-corrected chi connectivity index (χ3v) is 6.51. The van der Waals surface area contributed by atoms with E-state index in [2.05, 4.69) is 28.6 Å². The predicted molar refractivity (Wildman–Crippen MR) is 106 cm³/mol. The van der Waals surface area contributed by atoms with E-state index < -0.39 is 6.04 Å². The minimum Gasteiger partial charge on any atom is -0.370 e. The monoisotopic (exact) mass is 384 g/mol. The van der Waals surface area contributed by atoms with E-state index in [4.69, 9.17) is 0 Å². The molecule has 150 valence electrons. The number of nitrogens with one attached hydrogen (secondary N) is 2. The first-order chi connectivity index (χ1) is 13.5. The van der Waals surface area contributed by atoms with Crippen LogP contribution in [0, 0.1) is 0 Å². The van der Waals surface area contributed by atoms with E-state index in [-0.39, 0.29) is 24.1 Å². The van der Waals surface area contributed by atoms with Gasteiger partial charge in [-0.3, -0.25) is 19.7 Å². The molecule has 3 atom stereocenters. The Morgan fingerprint density at radius 1 is 1.14 bits per heavy atom. The van der Waals surface area contributed by atoms with Crippen molar-refractivity contribution >= 4 is 23.4 Å². The molecule has 7 heteroatoms. The van der Waals surface area contributed by atoms with Crippen LogP contribution in [0.2, 0.25) is 0 Å². The molecule has 2 aliphatic heterocycles. The lowest BCUT2D eigenvalue weighted by Crippen LogP contribution is -2.52. The van der Waals surface area contributed by atoms with Gasteiger partial charge in [0.05, 0.1) is 0 Å². The van der Waals surface area contributed by atoms with Crippen LogP contribution in [0.4, 0.5) is 5.69 Å². The summed E-state index contributed by atoms with van der Waals surface area (Å²) in [5, 5.41) is 5.80. The maximum atomic E-state index is 12.8. The van der Waals surface area contributed by atoms with Gasteiger partial charge in [0.2, 0.25) is 11.8 Å². The Bertz CT molecular complexity index is 809. The Morgan fingerprint density at radius 2 is 1.93 bits per heavy atom. The number of hydrogen-bond acceptors (Lipinski definition) is 5. The summed E-state index contributed by atoms with van der Waals surface area (Å²) >= 11 is 0. The number of anilines is 1. The third-order valence-electron chi connectivity index (χ3n) is 6.51. The molecule has 0 spiro atoms. The second-order valence-electron chi connectivity index (χ2n) is 8.10. The van der Waals surface area contributed by atoms with Crippen LogP contribution in [-0.2, 0) is 16.1 Å². The molecule has 1 saturated carbocycles. The van der Waals surface area contributed by atoms with Crippen molar-refractivity contribution in [3.63, 3.8) is 0 Å². The molecule has 4 rings (SSSR count). The minimum absolute atomic E-state index is 0.121. The van der Waals surface area contributed by atoms with Gasteiger partial charge in [-0.25, -0.2) is 0 Å². The maximum Gasteiger partial charge on any atom is 0.255 e. The lowest BCUT2D eigenvalue weighted by molar-refractivity contribution is -0.136. The Hall–Kier alpha value is -2.41. The van der Waals surface area contributed by atoms with E-state index in [1.807, 2.05) is 19.2 Å². The van der Waals surface area contributed by atoms with Crippen molar-refractivity contribution in [3.05, 3.63) is 29.3 Å². The second-order valence-corrected chi connectivity index (χ2v) is 8.10. The molecule has 2 unspecified atom stereocenters. The van der Waals surface area contributed by atoms with Crippen molar-refractivity contribution in [1.29, 1.82) is 0 Å². The van der Waals surface area contributed by atoms with E-state index in [9.17, 15) is 14.4 Å². The summed E-state index contributed by atoms with van der Waals surface area (Å²) in [5.74, 6) is -0.751. The van der Waals surface area contributed by atoms with E-state index in [1.54, 1.807) is 4.90 Å². The van der Waals surface area contributed by atoms with Crippen molar-refractivity contribution in [2.45, 2.75) is 63.2 Å². The molecule has 2 heterocycles. The number of nitrogens with zero attached hydrogens (tertiary/aromatic N) is 2. The number of imide groups is 1. The predicted octanol–water partition coefficient (Wildman–Crippen LogP) is 1.41. The lowest BCUT2D eigenvalue weighted by atomic mass is 9.89. The number of rotatable bonds is 4. The van der Waals surface area contributed by atoms with Gasteiger partial charge in [0.15, 0.2) is 0 Å². The van der Waals surface area contributed by atoms with Crippen LogP contribution in [0.1, 0.15) is 54.4 Å². The topological polar surface area (TPSA) is 81.8 Å². The average Bonchev–Trinajstić information content (AvgIpc) is 3.03. The first kappa shape index (κ1) is 18.9. The Kier molecular flexibility index (Phi) is 5.10. The van der Waals surface area contributed by atoms with Crippen LogP contribution in [0.25, 0.3) is 0 Å². The fourth-order valence-corrected chi connectivity index (χ4v) is 4.88. The van der Waals surface area contributed by atoms with Gasteiger partial charge in [-0.2, -0.15) is 0 Å². The Labute approximate surface area is 165 Å². The Morgan fingerprint density at radius 3 is 2.68 bits per heavy atom. The molecule has 0 aromatic heterocycles. The number of fused-ring (bicyclic) bond motifs is 1. The zero-order valence-corrected chi connectivity index (χ0v) is 16.5. The number of carbonyl (C=O) groups is 3. The van der Waals surface area contributed by atoms with Crippen LogP contribution in [0.15, 0.2) is 18.2 Å². The zero-order valence-electron chi connectivity index (χ0n) is 16.5. The molecule has 3 aliphatic rings. The van der Waals surface area contributed by atoms with E-state index >= 15 is 0 Å². The summed E-state index contributed by atoms with van der Waals surface area (Å²) in [6.07, 6.45) is 5.49. The quantitative estimate of drug-likeness (QED) is 0.768. The van der Waals surface area contributed by atoms with Gasteiger partial charge in [-0.05, 0) is 50.1 Å². The molecular weight excluding hydrogens is 356 g/mol. The van der Waals surface area contributed by atoms with Gasteiger partial charge in [0, 0.05) is 43.3 Å². The van der Waals surface area contributed by atoms with Crippen molar-refractivity contribution in [1.82, 2.24) is 15.5 Å². The summed E-state index contributed by atoms with van der Waals surface area (Å²) in [4.78, 5) is 40.4. The lowest BCUT2D eigenvalue weighted by Gasteiger charge is -2.39. The zero-order chi connectivity index (χ0) is 19.8. The summed E-state index contributed by atoms with van der Waals surface area (Å²) in [7, 11) is 4.15. The smallest absolute Gasteiger partial charge is 0.255 e. The van der Waals surface area contributed by atoms with Crippen LogP contribution >= 0.6 is 0 Å². The molecule has 1 aliphatic carbocycles. The number of benzene rings is 1. The number of likely N-dealkylation sites (N-methyl/N-ethyl adjacent to an activating group) is 2. The number of piperidine rings is 1. The fourth-order valence-electron chi connectivity index (χ4n) is 4.88. The van der Waals surface area contributed by atoms with Crippen LogP contribution < -0.4 is 15.5 Å². The maximum absolute atomic E-state index is 12.8. The average molecular weight is 384 g/mol. The minimum atomic E-state index is -0.564. The van der Waals surface area contributed by atoms with Crippen molar-refractivity contribution in [2.24, 2.45) is 0 Å². The Balaban J connectivity index is 1.54. The summed E-state index contributed by atoms with van der Waals surface area (Å²) < 4.78 is 0.